The highest BCUT2D eigenvalue weighted by Gasteiger charge is 2.19. The topological polar surface area (TPSA) is 99.9 Å². The lowest BCUT2D eigenvalue weighted by Crippen LogP contribution is -2.37. The van der Waals surface area contributed by atoms with Gasteiger partial charge in [0.1, 0.15) is 0 Å². The number of aryl methyl sites for hydroxylation is 1. The minimum atomic E-state index is -0.404. The molecule has 0 saturated heterocycles. The quantitative estimate of drug-likeness (QED) is 0.518. The highest BCUT2D eigenvalue weighted by Crippen LogP contribution is 2.22. The Morgan fingerprint density at radius 1 is 1.07 bits per heavy atom. The maximum absolute atomic E-state index is 12.9. The number of anilines is 1. The van der Waals surface area contributed by atoms with E-state index in [1.54, 1.807) is 11.6 Å². The monoisotopic (exact) mass is 418 g/mol. The summed E-state index contributed by atoms with van der Waals surface area (Å²) in [6, 6.07) is 7.49. The molecule has 0 amide bonds. The average Bonchev–Trinajstić information content (AvgIpc) is 3.07. The summed E-state index contributed by atoms with van der Waals surface area (Å²) in [4.78, 5) is 29.8. The fourth-order valence-corrected chi connectivity index (χ4v) is 3.55. The van der Waals surface area contributed by atoms with Crippen LogP contribution in [0.25, 0.3) is 11.2 Å². The molecule has 3 aromatic rings. The number of hydrogen-bond donors (Lipinski definition) is 2. The molecule has 0 aliphatic carbocycles. The maximum Gasteiger partial charge on any atom is 0.332 e. The van der Waals surface area contributed by atoms with Crippen molar-refractivity contribution in [3.63, 3.8) is 0 Å². The summed E-state index contributed by atoms with van der Waals surface area (Å²) in [5.74, 6) is 0.553. The van der Waals surface area contributed by atoms with Crippen LogP contribution in [0.2, 0.25) is 5.02 Å². The minimum Gasteiger partial charge on any atom is -0.356 e. The van der Waals surface area contributed by atoms with E-state index >= 15 is 0 Å². The van der Waals surface area contributed by atoms with Gasteiger partial charge in [-0.15, -0.1) is 0 Å². The molecule has 0 fully saturated rings. The van der Waals surface area contributed by atoms with Crippen molar-refractivity contribution in [2.24, 2.45) is 19.8 Å². The molecule has 0 radical (unpaired) electrons. The van der Waals surface area contributed by atoms with Crippen LogP contribution in [0.1, 0.15) is 31.2 Å². The number of nitrogens with two attached hydrogens (primary N) is 1. The fourth-order valence-electron chi connectivity index (χ4n) is 3.36. The first-order chi connectivity index (χ1) is 14.0. The smallest absolute Gasteiger partial charge is 0.332 e. The molecule has 3 rings (SSSR count). The number of imidazole rings is 1. The number of unbranched alkanes of at least 4 members (excludes halogenated alkanes) is 3. The molecule has 9 heteroatoms. The third kappa shape index (κ3) is 4.38. The van der Waals surface area contributed by atoms with Crippen molar-refractivity contribution in [2.45, 2.75) is 32.2 Å². The number of aromatic nitrogens is 4. The zero-order chi connectivity index (χ0) is 21.0. The van der Waals surface area contributed by atoms with E-state index < -0.39 is 5.69 Å². The summed E-state index contributed by atoms with van der Waals surface area (Å²) in [7, 11) is 3.09. The standard InChI is InChI=1S/C20H27ClN6O2/c1-25-17-16(18(28)26(2)20(25)29)27(13-14-9-5-6-10-15(14)21)19(24-17)23-12-8-4-3-7-11-22/h5-6,9-10H,3-4,7-8,11-13,22H2,1-2H3,(H,23,24). The van der Waals surface area contributed by atoms with Crippen LogP contribution in [0.3, 0.4) is 0 Å². The number of fused-ring (bicyclic) bond motifs is 1. The Kier molecular flexibility index (Phi) is 6.76. The Morgan fingerprint density at radius 3 is 2.52 bits per heavy atom. The highest BCUT2D eigenvalue weighted by atomic mass is 35.5. The lowest BCUT2D eigenvalue weighted by atomic mass is 10.2. The first-order valence-electron chi connectivity index (χ1n) is 9.79. The van der Waals surface area contributed by atoms with Crippen LogP contribution in [0.5, 0.6) is 0 Å². The average molecular weight is 419 g/mol. The molecule has 2 heterocycles. The fraction of sp³-hybridized carbons (Fsp3) is 0.450. The van der Waals surface area contributed by atoms with Crippen molar-refractivity contribution in [3.8, 4) is 0 Å². The third-order valence-electron chi connectivity index (χ3n) is 5.05. The van der Waals surface area contributed by atoms with Gasteiger partial charge in [0, 0.05) is 25.7 Å². The minimum absolute atomic E-state index is 0.357. The first kappa shape index (κ1) is 21.1. The van der Waals surface area contributed by atoms with Crippen LogP contribution in [-0.2, 0) is 20.6 Å². The van der Waals surface area contributed by atoms with Gasteiger partial charge in [0.2, 0.25) is 5.95 Å². The van der Waals surface area contributed by atoms with E-state index in [1.165, 1.54) is 11.6 Å². The molecule has 156 valence electrons. The molecule has 1 aromatic carbocycles. The van der Waals surface area contributed by atoms with Crippen LogP contribution in [0, 0.1) is 0 Å². The van der Waals surface area contributed by atoms with Crippen molar-refractivity contribution < 1.29 is 0 Å². The van der Waals surface area contributed by atoms with E-state index in [0.717, 1.165) is 35.8 Å². The van der Waals surface area contributed by atoms with Gasteiger partial charge in [-0.2, -0.15) is 4.98 Å². The second-order valence-corrected chi connectivity index (χ2v) is 7.53. The highest BCUT2D eigenvalue weighted by molar-refractivity contribution is 6.31. The molecule has 0 atom stereocenters. The maximum atomic E-state index is 12.9. The zero-order valence-electron chi connectivity index (χ0n) is 16.8. The van der Waals surface area contributed by atoms with E-state index in [0.29, 0.717) is 41.8 Å². The normalized spacial score (nSPS) is 11.3. The van der Waals surface area contributed by atoms with Crippen LogP contribution in [0.4, 0.5) is 5.95 Å². The van der Waals surface area contributed by atoms with E-state index in [-0.39, 0.29) is 5.56 Å². The molecule has 8 nitrogen and oxygen atoms in total. The molecule has 3 N–H and O–H groups in total. The largest absolute Gasteiger partial charge is 0.356 e. The van der Waals surface area contributed by atoms with Crippen LogP contribution in [-0.4, -0.2) is 31.8 Å². The number of nitrogens with one attached hydrogen (secondary N) is 1. The second-order valence-electron chi connectivity index (χ2n) is 7.12. The molecule has 0 saturated carbocycles. The van der Waals surface area contributed by atoms with Gasteiger partial charge in [0.15, 0.2) is 11.2 Å². The number of nitrogens with zero attached hydrogens (tertiary/aromatic N) is 4. The van der Waals surface area contributed by atoms with Crippen molar-refractivity contribution in [2.75, 3.05) is 18.4 Å². The van der Waals surface area contributed by atoms with E-state index in [1.807, 2.05) is 24.3 Å². The Balaban J connectivity index is 2.01. The number of benzene rings is 1. The van der Waals surface area contributed by atoms with Gasteiger partial charge >= 0.3 is 5.69 Å². The molecule has 0 spiro atoms. The number of hydrogen-bond acceptors (Lipinski definition) is 5. The Morgan fingerprint density at radius 2 is 1.79 bits per heavy atom. The number of rotatable bonds is 9. The van der Waals surface area contributed by atoms with Crippen molar-refractivity contribution in [3.05, 3.63) is 55.7 Å². The predicted molar refractivity (Wildman–Crippen MR) is 117 cm³/mol. The first-order valence-corrected chi connectivity index (χ1v) is 10.2. The Hall–Kier alpha value is -2.58. The lowest BCUT2D eigenvalue weighted by molar-refractivity contribution is 0.658. The van der Waals surface area contributed by atoms with Crippen LogP contribution < -0.4 is 22.3 Å². The summed E-state index contributed by atoms with van der Waals surface area (Å²) in [6.07, 6.45) is 4.13. The molecule has 2 aromatic heterocycles. The van der Waals surface area contributed by atoms with E-state index in [4.69, 9.17) is 17.3 Å². The van der Waals surface area contributed by atoms with Crippen LogP contribution >= 0.6 is 11.6 Å². The van der Waals surface area contributed by atoms with Gasteiger partial charge in [0.05, 0.1) is 6.54 Å². The van der Waals surface area contributed by atoms with Crippen LogP contribution in [0.15, 0.2) is 33.9 Å². The van der Waals surface area contributed by atoms with Crippen molar-refractivity contribution in [1.82, 2.24) is 18.7 Å². The summed E-state index contributed by atoms with van der Waals surface area (Å²) < 4.78 is 4.30. The summed E-state index contributed by atoms with van der Waals surface area (Å²) in [5, 5.41) is 3.94. The molecule has 29 heavy (non-hydrogen) atoms. The molecular weight excluding hydrogens is 392 g/mol. The second kappa shape index (κ2) is 9.28. The number of halogens is 1. The van der Waals surface area contributed by atoms with Crippen molar-refractivity contribution >= 4 is 28.7 Å². The van der Waals surface area contributed by atoms with Gasteiger partial charge in [-0.25, -0.2) is 4.79 Å². The molecule has 0 bridgehead atoms. The third-order valence-corrected chi connectivity index (χ3v) is 5.42. The Bertz CT molecular complexity index is 1110. The van der Waals surface area contributed by atoms with Gasteiger partial charge < -0.3 is 11.1 Å². The molecule has 0 aliphatic rings. The zero-order valence-corrected chi connectivity index (χ0v) is 17.6. The van der Waals surface area contributed by atoms with E-state index in [2.05, 4.69) is 10.3 Å². The summed E-state index contributed by atoms with van der Waals surface area (Å²) >= 11 is 6.34. The van der Waals surface area contributed by atoms with Gasteiger partial charge in [0.25, 0.3) is 5.56 Å². The van der Waals surface area contributed by atoms with Gasteiger partial charge in [-0.05, 0) is 31.0 Å². The lowest BCUT2D eigenvalue weighted by Gasteiger charge is -2.12. The molecular formula is C20H27ClN6O2. The SMILES string of the molecule is Cn1c(=O)c2c(nc(NCCCCCCN)n2Cc2ccccc2Cl)n(C)c1=O. The Labute approximate surface area is 173 Å². The molecule has 0 unspecified atom stereocenters. The summed E-state index contributed by atoms with van der Waals surface area (Å²) in [5.41, 5.74) is 6.36. The predicted octanol–water partition coefficient (Wildman–Crippen LogP) is 2.07. The van der Waals surface area contributed by atoms with Gasteiger partial charge in [-0.1, -0.05) is 42.6 Å². The molecule has 0 aliphatic heterocycles. The summed E-state index contributed by atoms with van der Waals surface area (Å²) in [6.45, 7) is 1.79. The van der Waals surface area contributed by atoms with E-state index in [9.17, 15) is 9.59 Å². The van der Waals surface area contributed by atoms with Crippen molar-refractivity contribution in [1.29, 1.82) is 0 Å². The van der Waals surface area contributed by atoms with Gasteiger partial charge in [-0.3, -0.25) is 18.5 Å².